The Hall–Kier alpha value is -2.44. The number of nitrogens with one attached hydrogen (secondary N) is 1. The summed E-state index contributed by atoms with van der Waals surface area (Å²) in [6.45, 7) is 2.32. The number of aliphatic imine (C=N–C) groups is 1. The van der Waals surface area contributed by atoms with Crippen LogP contribution in [0.5, 0.6) is 5.75 Å². The van der Waals surface area contributed by atoms with Crippen LogP contribution in [0.4, 0.5) is 5.95 Å². The summed E-state index contributed by atoms with van der Waals surface area (Å²) < 4.78 is 5.33. The van der Waals surface area contributed by atoms with Gasteiger partial charge in [0.15, 0.2) is 0 Å². The molecule has 0 amide bonds. The van der Waals surface area contributed by atoms with Crippen LogP contribution in [0, 0.1) is 0 Å². The Morgan fingerprint density at radius 1 is 1.47 bits per heavy atom. The normalized spacial score (nSPS) is 11.5. The Morgan fingerprint density at radius 2 is 2.29 bits per heavy atom. The van der Waals surface area contributed by atoms with Gasteiger partial charge in [0.2, 0.25) is 0 Å². The molecule has 1 heterocycles. The lowest BCUT2D eigenvalue weighted by Gasteiger charge is -2.14. The van der Waals surface area contributed by atoms with Crippen molar-refractivity contribution in [3.05, 3.63) is 29.8 Å². The molecule has 17 heavy (non-hydrogen) atoms. The number of ether oxygens (including phenoxy) is 1. The summed E-state index contributed by atoms with van der Waals surface area (Å²) in [6.07, 6.45) is 0. The Bertz CT molecular complexity index is 509. The second-order valence-electron chi connectivity index (χ2n) is 3.06. The Kier molecular flexibility index (Phi) is 3.29. The predicted molar refractivity (Wildman–Crippen MR) is 58.0 cm³/mol. The topological polar surface area (TPSA) is 99.1 Å². The van der Waals surface area contributed by atoms with Gasteiger partial charge in [0.1, 0.15) is 5.75 Å². The van der Waals surface area contributed by atoms with Gasteiger partial charge in [-0.25, -0.2) is 4.99 Å². The molecule has 0 saturated carbocycles. The first kappa shape index (κ1) is 11.1. The second kappa shape index (κ2) is 5.06. The van der Waals surface area contributed by atoms with Gasteiger partial charge in [0.05, 0.1) is 6.61 Å². The third kappa shape index (κ3) is 2.57. The third-order valence-electron chi connectivity index (χ3n) is 1.95. The van der Waals surface area contributed by atoms with E-state index in [9.17, 15) is 5.11 Å². The maximum Gasteiger partial charge on any atom is 0.288 e. The van der Waals surface area contributed by atoms with Crippen LogP contribution in [0.2, 0.25) is 0 Å². The summed E-state index contributed by atoms with van der Waals surface area (Å²) in [5.74, 6) is 0.0315. The largest absolute Gasteiger partial charge is 0.858 e. The molecule has 88 valence electrons. The van der Waals surface area contributed by atoms with Gasteiger partial charge in [-0.15, -0.1) is 5.10 Å². The fraction of sp³-hybridized carbons (Fsp3) is 0.200. The summed E-state index contributed by atoms with van der Waals surface area (Å²) in [5, 5.41) is 24.5. The highest BCUT2D eigenvalue weighted by Gasteiger charge is 2.03. The molecule has 7 heteroatoms. The number of hydrogen-bond donors (Lipinski definition) is 1. The van der Waals surface area contributed by atoms with Crippen LogP contribution in [0.15, 0.2) is 29.3 Å². The smallest absolute Gasteiger partial charge is 0.288 e. The van der Waals surface area contributed by atoms with Crippen molar-refractivity contribution in [1.29, 1.82) is 0 Å². The van der Waals surface area contributed by atoms with Crippen LogP contribution in [-0.4, -0.2) is 33.1 Å². The lowest BCUT2D eigenvalue weighted by molar-refractivity contribution is -0.212. The number of para-hydroxylation sites is 1. The number of aromatic amines is 1. The van der Waals surface area contributed by atoms with Gasteiger partial charge < -0.3 is 9.84 Å². The average molecular weight is 232 g/mol. The van der Waals surface area contributed by atoms with Crippen molar-refractivity contribution in [2.75, 3.05) is 6.61 Å². The molecule has 0 unspecified atom stereocenters. The molecule has 7 nitrogen and oxygen atoms in total. The van der Waals surface area contributed by atoms with E-state index in [0.29, 0.717) is 17.9 Å². The molecule has 1 N–H and O–H groups in total. The fourth-order valence-electron chi connectivity index (χ4n) is 1.28. The Balaban J connectivity index is 2.33. The van der Waals surface area contributed by atoms with Crippen molar-refractivity contribution in [3.8, 4) is 5.75 Å². The quantitative estimate of drug-likeness (QED) is 0.592. The molecule has 0 aliphatic heterocycles. The molecule has 0 radical (unpaired) electrons. The molecule has 2 aromatic rings. The van der Waals surface area contributed by atoms with Crippen LogP contribution >= 0.6 is 0 Å². The number of benzene rings is 1. The lowest BCUT2D eigenvalue weighted by Crippen LogP contribution is -2.19. The van der Waals surface area contributed by atoms with Crippen LogP contribution < -0.4 is 9.84 Å². The molecule has 0 aliphatic rings. The van der Waals surface area contributed by atoms with Gasteiger partial charge in [0, 0.05) is 11.5 Å². The fourth-order valence-corrected chi connectivity index (χ4v) is 1.28. The van der Waals surface area contributed by atoms with Gasteiger partial charge >= 0.3 is 0 Å². The number of tetrazole rings is 1. The van der Waals surface area contributed by atoms with Crippen LogP contribution in [-0.2, 0) is 0 Å². The highest BCUT2D eigenvalue weighted by molar-refractivity contribution is 5.94. The van der Waals surface area contributed by atoms with E-state index in [2.05, 4.69) is 25.6 Å². The highest BCUT2D eigenvalue weighted by Crippen LogP contribution is 2.18. The summed E-state index contributed by atoms with van der Waals surface area (Å²) in [7, 11) is 0. The minimum absolute atomic E-state index is 0.00121. The van der Waals surface area contributed by atoms with Crippen molar-refractivity contribution >= 4 is 11.8 Å². The van der Waals surface area contributed by atoms with Crippen LogP contribution in [0.3, 0.4) is 0 Å². The van der Waals surface area contributed by atoms with E-state index >= 15 is 0 Å². The molecule has 0 fully saturated rings. The first-order valence-electron chi connectivity index (χ1n) is 5.02. The average Bonchev–Trinajstić information content (AvgIpc) is 2.83. The molecule has 0 spiro atoms. The van der Waals surface area contributed by atoms with Crippen molar-refractivity contribution in [2.24, 2.45) is 4.99 Å². The van der Waals surface area contributed by atoms with E-state index in [0.717, 1.165) is 0 Å². The zero-order chi connectivity index (χ0) is 12.1. The lowest BCUT2D eigenvalue weighted by atomic mass is 10.2. The van der Waals surface area contributed by atoms with Crippen LogP contribution in [0.25, 0.3) is 0 Å². The van der Waals surface area contributed by atoms with Gasteiger partial charge in [0.25, 0.3) is 5.95 Å². The summed E-state index contributed by atoms with van der Waals surface area (Å²) >= 11 is 0. The molecule has 0 atom stereocenters. The Morgan fingerprint density at radius 3 is 3.00 bits per heavy atom. The first-order valence-corrected chi connectivity index (χ1v) is 5.02. The molecule has 0 aliphatic carbocycles. The number of H-pyrrole nitrogens is 1. The van der Waals surface area contributed by atoms with Gasteiger partial charge in [-0.2, -0.15) is 5.21 Å². The molecule has 0 saturated heterocycles. The minimum atomic E-state index is -0.463. The molecular weight excluding hydrogens is 222 g/mol. The van der Waals surface area contributed by atoms with E-state index in [1.54, 1.807) is 24.3 Å². The molecule has 0 bridgehead atoms. The zero-order valence-corrected chi connectivity index (χ0v) is 9.12. The zero-order valence-electron chi connectivity index (χ0n) is 9.12. The maximum atomic E-state index is 11.8. The van der Waals surface area contributed by atoms with Gasteiger partial charge in [-0.3, -0.25) is 0 Å². The van der Waals surface area contributed by atoms with E-state index in [1.807, 2.05) is 6.92 Å². The summed E-state index contributed by atoms with van der Waals surface area (Å²) in [6, 6.07) is 6.87. The van der Waals surface area contributed by atoms with Crippen LogP contribution in [0.1, 0.15) is 12.5 Å². The SMILES string of the molecule is CCOc1ccccc1C([O-])=Nc1nn[nH]n1. The van der Waals surface area contributed by atoms with Gasteiger partial charge in [-0.05, 0) is 18.2 Å². The first-order chi connectivity index (χ1) is 8.31. The maximum absolute atomic E-state index is 11.8. The molecular formula is C10H10N5O2-. The van der Waals surface area contributed by atoms with E-state index < -0.39 is 5.90 Å². The van der Waals surface area contributed by atoms with Gasteiger partial charge in [-0.1, -0.05) is 23.3 Å². The van der Waals surface area contributed by atoms with E-state index in [-0.39, 0.29) is 5.95 Å². The third-order valence-corrected chi connectivity index (χ3v) is 1.95. The number of hydrogen-bond acceptors (Lipinski definition) is 6. The second-order valence-corrected chi connectivity index (χ2v) is 3.06. The monoisotopic (exact) mass is 232 g/mol. The number of rotatable bonds is 4. The van der Waals surface area contributed by atoms with Crippen molar-refractivity contribution < 1.29 is 9.84 Å². The minimum Gasteiger partial charge on any atom is -0.858 e. The number of aromatic nitrogens is 4. The summed E-state index contributed by atoms with van der Waals surface area (Å²) in [5.41, 5.74) is 0.374. The summed E-state index contributed by atoms with van der Waals surface area (Å²) in [4.78, 5) is 3.70. The standard InChI is InChI=1S/C10H11N5O2/c1-2-17-8-6-4-3-5-7(8)9(16)11-10-12-14-15-13-10/h3-6H,2H2,1H3,(H2,11,12,13,14,15,16)/p-1. The van der Waals surface area contributed by atoms with Crippen molar-refractivity contribution in [3.63, 3.8) is 0 Å². The highest BCUT2D eigenvalue weighted by atomic mass is 16.5. The molecule has 2 rings (SSSR count). The van der Waals surface area contributed by atoms with Crippen molar-refractivity contribution in [1.82, 2.24) is 20.6 Å². The predicted octanol–water partition coefficient (Wildman–Crippen LogP) is 0.0370. The van der Waals surface area contributed by atoms with Crippen molar-refractivity contribution in [2.45, 2.75) is 6.92 Å². The molecule has 1 aromatic heterocycles. The Labute approximate surface area is 97.2 Å². The molecule has 1 aromatic carbocycles. The van der Waals surface area contributed by atoms with E-state index in [1.165, 1.54) is 0 Å². The number of nitrogens with zero attached hydrogens (tertiary/aromatic N) is 4. The van der Waals surface area contributed by atoms with E-state index in [4.69, 9.17) is 4.74 Å².